The van der Waals surface area contributed by atoms with E-state index in [0.29, 0.717) is 16.9 Å². The molecule has 0 saturated carbocycles. The van der Waals surface area contributed by atoms with Crippen molar-refractivity contribution in [3.63, 3.8) is 0 Å². The standard InChI is InChI=1S/C17H10BrN3O3S/c18-11-2-4-15-20-12(6-16(22)21(15)7-11)8-24-17(23)10-1-3-13-14(5-10)25-9-19-13/h1-7,9H,8H2. The number of rotatable bonds is 3. The number of thiazole rings is 1. The highest BCUT2D eigenvalue weighted by atomic mass is 79.9. The lowest BCUT2D eigenvalue weighted by Crippen LogP contribution is -2.16. The van der Waals surface area contributed by atoms with Crippen LogP contribution in [0.15, 0.2) is 57.4 Å². The van der Waals surface area contributed by atoms with Crippen molar-refractivity contribution in [2.24, 2.45) is 0 Å². The van der Waals surface area contributed by atoms with Gasteiger partial charge in [0.2, 0.25) is 0 Å². The van der Waals surface area contributed by atoms with Gasteiger partial charge in [0.15, 0.2) is 0 Å². The summed E-state index contributed by atoms with van der Waals surface area (Å²) < 4.78 is 8.41. The Morgan fingerprint density at radius 2 is 2.12 bits per heavy atom. The number of carbonyl (C=O) groups excluding carboxylic acids is 1. The molecule has 4 rings (SSSR count). The minimum absolute atomic E-state index is 0.0681. The summed E-state index contributed by atoms with van der Waals surface area (Å²) >= 11 is 4.77. The van der Waals surface area contributed by atoms with Crippen LogP contribution in [0.1, 0.15) is 16.1 Å². The fraction of sp³-hybridized carbons (Fsp3) is 0.0588. The Balaban J connectivity index is 1.56. The number of fused-ring (bicyclic) bond motifs is 2. The summed E-state index contributed by atoms with van der Waals surface area (Å²) in [4.78, 5) is 32.9. The summed E-state index contributed by atoms with van der Waals surface area (Å²) in [5, 5.41) is 0. The zero-order chi connectivity index (χ0) is 17.4. The molecule has 0 unspecified atom stereocenters. The van der Waals surface area contributed by atoms with Gasteiger partial charge in [-0.1, -0.05) is 0 Å². The highest BCUT2D eigenvalue weighted by Gasteiger charge is 2.11. The van der Waals surface area contributed by atoms with Crippen LogP contribution in [0, 0.1) is 0 Å². The fourth-order valence-electron chi connectivity index (χ4n) is 2.40. The van der Waals surface area contributed by atoms with Gasteiger partial charge in [0.25, 0.3) is 5.56 Å². The molecule has 25 heavy (non-hydrogen) atoms. The number of ether oxygens (including phenoxy) is 1. The van der Waals surface area contributed by atoms with Gasteiger partial charge in [-0.15, -0.1) is 11.3 Å². The Morgan fingerprint density at radius 3 is 3.00 bits per heavy atom. The van der Waals surface area contributed by atoms with Crippen LogP contribution >= 0.6 is 27.3 Å². The number of halogens is 1. The summed E-state index contributed by atoms with van der Waals surface area (Å²) in [7, 11) is 0. The van der Waals surface area contributed by atoms with Crippen LogP contribution in [0.3, 0.4) is 0 Å². The van der Waals surface area contributed by atoms with E-state index in [4.69, 9.17) is 4.74 Å². The molecular formula is C17H10BrN3O3S. The molecule has 0 radical (unpaired) electrons. The molecule has 0 spiro atoms. The number of aromatic nitrogens is 3. The van der Waals surface area contributed by atoms with Crippen molar-refractivity contribution < 1.29 is 9.53 Å². The third kappa shape index (κ3) is 3.18. The fourth-order valence-corrected chi connectivity index (χ4v) is 3.46. The number of carbonyl (C=O) groups is 1. The molecule has 0 amide bonds. The third-order valence-corrected chi connectivity index (χ3v) is 4.86. The number of esters is 1. The molecule has 0 aliphatic carbocycles. The first-order valence-electron chi connectivity index (χ1n) is 7.28. The van der Waals surface area contributed by atoms with Crippen LogP contribution in [-0.2, 0) is 11.3 Å². The average molecular weight is 416 g/mol. The zero-order valence-corrected chi connectivity index (χ0v) is 15.1. The zero-order valence-electron chi connectivity index (χ0n) is 12.7. The maximum Gasteiger partial charge on any atom is 0.338 e. The van der Waals surface area contributed by atoms with Crippen molar-refractivity contribution in [2.75, 3.05) is 0 Å². The molecule has 1 aromatic carbocycles. The molecule has 0 fully saturated rings. The molecule has 0 atom stereocenters. The second kappa shape index (κ2) is 6.38. The summed E-state index contributed by atoms with van der Waals surface area (Å²) in [5.74, 6) is -0.465. The number of nitrogens with zero attached hydrogens (tertiary/aromatic N) is 3. The SMILES string of the molecule is O=C(OCc1cc(=O)n2cc(Br)ccc2n1)c1ccc2ncsc2c1. The van der Waals surface area contributed by atoms with Crippen molar-refractivity contribution >= 4 is 49.1 Å². The summed E-state index contributed by atoms with van der Waals surface area (Å²) in [5.41, 5.74) is 3.68. The maximum atomic E-state index is 12.2. The van der Waals surface area contributed by atoms with Gasteiger partial charge < -0.3 is 4.74 Å². The monoisotopic (exact) mass is 415 g/mol. The summed E-state index contributed by atoms with van der Waals surface area (Å²) in [6, 6.07) is 10.1. The smallest absolute Gasteiger partial charge is 0.338 e. The van der Waals surface area contributed by atoms with Crippen LogP contribution in [0.5, 0.6) is 0 Å². The number of pyridine rings is 1. The van der Waals surface area contributed by atoms with Gasteiger partial charge in [-0.05, 0) is 46.3 Å². The van der Waals surface area contributed by atoms with Crippen LogP contribution < -0.4 is 5.56 Å². The predicted molar refractivity (Wildman–Crippen MR) is 97.9 cm³/mol. The van der Waals surface area contributed by atoms with E-state index in [1.165, 1.54) is 21.8 Å². The first kappa shape index (κ1) is 15.9. The molecule has 0 N–H and O–H groups in total. The molecule has 3 aromatic heterocycles. The van der Waals surface area contributed by atoms with Crippen LogP contribution in [0.25, 0.3) is 15.9 Å². The van der Waals surface area contributed by atoms with E-state index in [-0.39, 0.29) is 12.2 Å². The highest BCUT2D eigenvalue weighted by Crippen LogP contribution is 2.19. The maximum absolute atomic E-state index is 12.2. The van der Waals surface area contributed by atoms with Crippen molar-refractivity contribution in [3.05, 3.63) is 74.2 Å². The van der Waals surface area contributed by atoms with E-state index in [0.717, 1.165) is 14.7 Å². The quantitative estimate of drug-likeness (QED) is 0.479. The third-order valence-electron chi connectivity index (χ3n) is 3.59. The minimum atomic E-state index is -0.465. The Bertz CT molecular complexity index is 1170. The normalized spacial score (nSPS) is 11.1. The Hall–Kier alpha value is -2.58. The Labute approximate surface area is 153 Å². The lowest BCUT2D eigenvalue weighted by molar-refractivity contribution is 0.0468. The van der Waals surface area contributed by atoms with Crippen molar-refractivity contribution in [1.82, 2.24) is 14.4 Å². The number of hydrogen-bond donors (Lipinski definition) is 0. The average Bonchev–Trinajstić information content (AvgIpc) is 3.08. The van der Waals surface area contributed by atoms with Gasteiger partial charge in [-0.2, -0.15) is 0 Å². The topological polar surface area (TPSA) is 73.6 Å². The minimum Gasteiger partial charge on any atom is -0.456 e. The van der Waals surface area contributed by atoms with Gasteiger partial charge in [-0.3, -0.25) is 9.20 Å². The van der Waals surface area contributed by atoms with E-state index >= 15 is 0 Å². The van der Waals surface area contributed by atoms with Crippen molar-refractivity contribution in [3.8, 4) is 0 Å². The van der Waals surface area contributed by atoms with Crippen LogP contribution in [0.4, 0.5) is 0 Å². The van der Waals surface area contributed by atoms with E-state index in [1.54, 1.807) is 42.0 Å². The van der Waals surface area contributed by atoms with E-state index in [2.05, 4.69) is 25.9 Å². The van der Waals surface area contributed by atoms with Gasteiger partial charge in [0, 0.05) is 16.7 Å². The van der Waals surface area contributed by atoms with Crippen molar-refractivity contribution in [1.29, 1.82) is 0 Å². The molecule has 6 nitrogen and oxygen atoms in total. The van der Waals surface area contributed by atoms with Gasteiger partial charge >= 0.3 is 5.97 Å². The number of hydrogen-bond acceptors (Lipinski definition) is 6. The van der Waals surface area contributed by atoms with Crippen LogP contribution in [0.2, 0.25) is 0 Å². The molecule has 0 aliphatic heterocycles. The van der Waals surface area contributed by atoms with Gasteiger partial charge in [0.1, 0.15) is 12.3 Å². The predicted octanol–water partition coefficient (Wildman–Crippen LogP) is 3.42. The van der Waals surface area contributed by atoms with E-state index < -0.39 is 5.97 Å². The largest absolute Gasteiger partial charge is 0.456 e. The van der Waals surface area contributed by atoms with E-state index in [1.807, 2.05) is 0 Å². The second-order valence-electron chi connectivity index (χ2n) is 5.27. The molecule has 0 saturated heterocycles. The highest BCUT2D eigenvalue weighted by molar-refractivity contribution is 9.10. The first-order valence-corrected chi connectivity index (χ1v) is 8.96. The van der Waals surface area contributed by atoms with Crippen LogP contribution in [-0.4, -0.2) is 20.3 Å². The van der Waals surface area contributed by atoms with Crippen molar-refractivity contribution in [2.45, 2.75) is 6.61 Å². The molecular weight excluding hydrogens is 406 g/mol. The Morgan fingerprint density at radius 1 is 1.24 bits per heavy atom. The van der Waals surface area contributed by atoms with Gasteiger partial charge in [-0.25, -0.2) is 14.8 Å². The first-order chi connectivity index (χ1) is 12.1. The molecule has 124 valence electrons. The molecule has 8 heteroatoms. The number of benzene rings is 1. The van der Waals surface area contributed by atoms with E-state index in [9.17, 15) is 9.59 Å². The molecule has 4 aromatic rings. The molecule has 3 heterocycles. The summed E-state index contributed by atoms with van der Waals surface area (Å²) in [6.07, 6.45) is 1.64. The summed E-state index contributed by atoms with van der Waals surface area (Å²) in [6.45, 7) is -0.0681. The Kier molecular flexibility index (Phi) is 4.06. The molecule has 0 bridgehead atoms. The van der Waals surface area contributed by atoms with Gasteiger partial charge in [0.05, 0.1) is 27.0 Å². The lowest BCUT2D eigenvalue weighted by atomic mass is 10.2. The second-order valence-corrected chi connectivity index (χ2v) is 7.07. The molecule has 0 aliphatic rings. The lowest BCUT2D eigenvalue weighted by Gasteiger charge is -2.06.